The highest BCUT2D eigenvalue weighted by molar-refractivity contribution is 7.99. The molecule has 0 fully saturated rings. The lowest BCUT2D eigenvalue weighted by molar-refractivity contribution is -0.137. The molecule has 1 amide bonds. The van der Waals surface area contributed by atoms with E-state index < -0.39 is 5.97 Å². The highest BCUT2D eigenvalue weighted by Gasteiger charge is 2.25. The topological polar surface area (TPSA) is 108 Å². The predicted molar refractivity (Wildman–Crippen MR) is 131 cm³/mol. The first-order chi connectivity index (χ1) is 16.5. The molecule has 0 spiro atoms. The van der Waals surface area contributed by atoms with E-state index in [0.29, 0.717) is 33.7 Å². The van der Waals surface area contributed by atoms with Crippen LogP contribution in [0.25, 0.3) is 17.5 Å². The summed E-state index contributed by atoms with van der Waals surface area (Å²) in [7, 11) is 1.61. The maximum atomic E-state index is 12.8. The molecule has 3 aromatic rings. The molecule has 1 aromatic heterocycles. The van der Waals surface area contributed by atoms with Gasteiger partial charge in [-0.1, -0.05) is 23.9 Å². The van der Waals surface area contributed by atoms with E-state index in [9.17, 15) is 9.59 Å². The van der Waals surface area contributed by atoms with Crippen LogP contribution in [0, 0.1) is 0 Å². The van der Waals surface area contributed by atoms with Crippen molar-refractivity contribution >= 4 is 41.1 Å². The van der Waals surface area contributed by atoms with E-state index >= 15 is 0 Å². The number of nitrogens with one attached hydrogen (secondary N) is 1. The average molecular weight is 478 g/mol. The number of carbonyl (C=O) groups excluding carboxylic acids is 2. The first-order valence-corrected chi connectivity index (χ1v) is 11.5. The minimum atomic E-state index is -0.463. The molecular weight excluding hydrogens is 454 g/mol. The fourth-order valence-corrected chi connectivity index (χ4v) is 4.11. The molecule has 34 heavy (non-hydrogen) atoms. The van der Waals surface area contributed by atoms with Gasteiger partial charge in [-0.25, -0.2) is 4.79 Å². The first kappa shape index (κ1) is 23.2. The van der Waals surface area contributed by atoms with Crippen molar-refractivity contribution in [3.8, 4) is 17.1 Å². The Morgan fingerprint density at radius 1 is 1.12 bits per heavy atom. The second kappa shape index (κ2) is 10.3. The van der Waals surface area contributed by atoms with Crippen LogP contribution in [-0.2, 0) is 14.3 Å². The van der Waals surface area contributed by atoms with Gasteiger partial charge in [0.05, 0.1) is 25.0 Å². The summed E-state index contributed by atoms with van der Waals surface area (Å²) in [6.45, 7) is 3.45. The van der Waals surface area contributed by atoms with Gasteiger partial charge in [-0.05, 0) is 55.0 Å². The predicted octanol–water partition coefficient (Wildman–Crippen LogP) is 3.87. The van der Waals surface area contributed by atoms with Crippen molar-refractivity contribution in [2.24, 2.45) is 5.10 Å². The lowest BCUT2D eigenvalue weighted by Crippen LogP contribution is -2.21. The summed E-state index contributed by atoms with van der Waals surface area (Å²) in [4.78, 5) is 24.1. The molecule has 174 valence electrons. The Morgan fingerprint density at radius 3 is 2.50 bits per heavy atom. The van der Waals surface area contributed by atoms with E-state index in [1.807, 2.05) is 36.4 Å². The zero-order valence-electron chi connectivity index (χ0n) is 18.9. The van der Waals surface area contributed by atoms with Gasteiger partial charge in [0.25, 0.3) is 0 Å². The Kier molecular flexibility index (Phi) is 7.07. The van der Waals surface area contributed by atoms with Crippen molar-refractivity contribution in [2.45, 2.75) is 19.0 Å². The van der Waals surface area contributed by atoms with Crippen molar-refractivity contribution < 1.29 is 19.1 Å². The van der Waals surface area contributed by atoms with Gasteiger partial charge >= 0.3 is 5.97 Å². The van der Waals surface area contributed by atoms with Crippen LogP contribution in [0.1, 0.15) is 19.4 Å². The molecular formula is C24H23N5O4S. The number of methoxy groups -OCH3 is 1. The minimum Gasteiger partial charge on any atom is -0.497 e. The SMILES string of the molecule is CCOC(=O)/C(=C\c1ccc(NC(C)=O)cc1)C1=Nn2c(nnc2-c2ccc(OC)cc2)SC1. The normalized spacial score (nSPS) is 13.0. The Labute approximate surface area is 200 Å². The summed E-state index contributed by atoms with van der Waals surface area (Å²) >= 11 is 1.44. The smallest absolute Gasteiger partial charge is 0.340 e. The Morgan fingerprint density at radius 2 is 1.85 bits per heavy atom. The number of rotatable bonds is 7. The minimum absolute atomic E-state index is 0.151. The number of hydrogen-bond donors (Lipinski definition) is 1. The molecule has 0 saturated carbocycles. The Bertz CT molecular complexity index is 1260. The van der Waals surface area contributed by atoms with Gasteiger partial charge in [0, 0.05) is 23.9 Å². The van der Waals surface area contributed by atoms with Crippen LogP contribution >= 0.6 is 11.8 Å². The average Bonchev–Trinajstić information content (AvgIpc) is 3.26. The molecule has 2 heterocycles. The molecule has 1 aliphatic rings. The Balaban J connectivity index is 1.71. The van der Waals surface area contributed by atoms with Crippen LogP contribution in [0.4, 0.5) is 5.69 Å². The lowest BCUT2D eigenvalue weighted by Gasteiger charge is -2.16. The Hall–Kier alpha value is -3.92. The zero-order chi connectivity index (χ0) is 24.1. The van der Waals surface area contributed by atoms with Gasteiger partial charge in [0.15, 0.2) is 5.82 Å². The molecule has 9 nitrogen and oxygen atoms in total. The molecule has 0 unspecified atom stereocenters. The standard InChI is InChI=1S/C24H23N5O4S/c1-4-33-23(31)20(13-16-5-9-18(10-6-16)25-15(2)30)21-14-34-24-27-26-22(29(24)28-21)17-7-11-19(32-3)12-8-17/h5-13H,4,14H2,1-3H3,(H,25,30)/b20-13-. The second-order valence-corrected chi connectivity index (χ2v) is 8.21. The molecule has 10 heteroatoms. The number of hydrogen-bond acceptors (Lipinski definition) is 8. The number of nitrogens with zero attached hydrogens (tertiary/aromatic N) is 4. The summed E-state index contributed by atoms with van der Waals surface area (Å²) in [5.74, 6) is 1.12. The third kappa shape index (κ3) is 5.18. The van der Waals surface area contributed by atoms with Crippen LogP contribution in [0.3, 0.4) is 0 Å². The third-order valence-corrected chi connectivity index (χ3v) is 5.80. The lowest BCUT2D eigenvalue weighted by atomic mass is 10.1. The van der Waals surface area contributed by atoms with Crippen molar-refractivity contribution in [3.05, 3.63) is 59.7 Å². The van der Waals surface area contributed by atoms with E-state index in [1.165, 1.54) is 18.7 Å². The number of esters is 1. The monoisotopic (exact) mass is 477 g/mol. The number of amides is 1. The summed E-state index contributed by atoms with van der Waals surface area (Å²) in [6.07, 6.45) is 1.73. The number of fused-ring (bicyclic) bond motifs is 1. The first-order valence-electron chi connectivity index (χ1n) is 10.6. The zero-order valence-corrected chi connectivity index (χ0v) is 19.8. The van der Waals surface area contributed by atoms with Crippen molar-refractivity contribution in [3.63, 3.8) is 0 Å². The van der Waals surface area contributed by atoms with Crippen LogP contribution < -0.4 is 10.1 Å². The molecule has 0 saturated heterocycles. The molecule has 2 aromatic carbocycles. The molecule has 1 N–H and O–H groups in total. The molecule has 0 radical (unpaired) electrons. The third-order valence-electron chi connectivity index (χ3n) is 4.87. The summed E-state index contributed by atoms with van der Waals surface area (Å²) in [5.41, 5.74) is 3.17. The number of ether oxygens (including phenoxy) is 2. The largest absolute Gasteiger partial charge is 0.497 e. The van der Waals surface area contributed by atoms with Crippen molar-refractivity contribution in [1.29, 1.82) is 0 Å². The number of thioether (sulfide) groups is 1. The van der Waals surface area contributed by atoms with Crippen LogP contribution in [0.2, 0.25) is 0 Å². The fourth-order valence-electron chi connectivity index (χ4n) is 3.28. The van der Waals surface area contributed by atoms with Crippen LogP contribution in [0.5, 0.6) is 5.75 Å². The number of aromatic nitrogens is 3. The number of benzene rings is 2. The highest BCUT2D eigenvalue weighted by atomic mass is 32.2. The maximum absolute atomic E-state index is 12.8. The molecule has 4 rings (SSSR count). The molecule has 0 bridgehead atoms. The van der Waals surface area contributed by atoms with Gasteiger partial charge in [0.2, 0.25) is 11.1 Å². The fraction of sp³-hybridized carbons (Fsp3) is 0.208. The number of carbonyl (C=O) groups is 2. The quantitative estimate of drug-likeness (QED) is 0.407. The highest BCUT2D eigenvalue weighted by Crippen LogP contribution is 2.30. The maximum Gasteiger partial charge on any atom is 0.340 e. The van der Waals surface area contributed by atoms with Gasteiger partial charge < -0.3 is 14.8 Å². The van der Waals surface area contributed by atoms with Crippen molar-refractivity contribution in [2.75, 3.05) is 24.8 Å². The summed E-state index contributed by atoms with van der Waals surface area (Å²) < 4.78 is 12.2. The van der Waals surface area contributed by atoms with Gasteiger partial charge in [-0.2, -0.15) is 9.78 Å². The van der Waals surface area contributed by atoms with Gasteiger partial charge in [0.1, 0.15) is 5.75 Å². The van der Waals surface area contributed by atoms with Crippen LogP contribution in [0.15, 0.2) is 64.4 Å². The van der Waals surface area contributed by atoms with E-state index in [1.54, 1.807) is 36.9 Å². The molecule has 0 atom stereocenters. The molecule has 0 aliphatic carbocycles. The second-order valence-electron chi connectivity index (χ2n) is 7.26. The van der Waals surface area contributed by atoms with Gasteiger partial charge in [-0.15, -0.1) is 10.2 Å². The van der Waals surface area contributed by atoms with E-state index in [0.717, 1.165) is 16.9 Å². The summed E-state index contributed by atoms with van der Waals surface area (Å²) in [5, 5.41) is 16.6. The van der Waals surface area contributed by atoms with Crippen molar-refractivity contribution in [1.82, 2.24) is 14.9 Å². The van der Waals surface area contributed by atoms with Gasteiger partial charge in [-0.3, -0.25) is 4.79 Å². The van der Waals surface area contributed by atoms with Crippen LogP contribution in [-0.4, -0.2) is 51.9 Å². The van der Waals surface area contributed by atoms with E-state index in [4.69, 9.17) is 14.6 Å². The van der Waals surface area contributed by atoms with E-state index in [-0.39, 0.29) is 12.5 Å². The number of anilines is 1. The summed E-state index contributed by atoms with van der Waals surface area (Å²) in [6, 6.07) is 14.6. The molecule has 1 aliphatic heterocycles. The van der Waals surface area contributed by atoms with E-state index in [2.05, 4.69) is 15.5 Å².